The molecule has 0 amide bonds. The van der Waals surface area contributed by atoms with E-state index in [0.717, 1.165) is 50.8 Å². The summed E-state index contributed by atoms with van der Waals surface area (Å²) < 4.78 is 27.6. The highest BCUT2D eigenvalue weighted by atomic mass is 32.2. The number of hydrogen-bond acceptors (Lipinski definition) is 4. The number of thiophene rings is 1. The number of sulfonamides is 1. The number of nitrogens with one attached hydrogen (secondary N) is 1. The second-order valence-electron chi connectivity index (χ2n) is 5.62. The molecule has 0 aromatic carbocycles. The average Bonchev–Trinajstić information content (AvgIpc) is 2.87. The monoisotopic (exact) mass is 330 g/mol. The van der Waals surface area contributed by atoms with Crippen molar-refractivity contribution in [3.05, 3.63) is 17.0 Å². The maximum Gasteiger partial charge on any atom is 0.252 e. The van der Waals surface area contributed by atoms with E-state index in [2.05, 4.69) is 12.2 Å². The first-order valence-electron chi connectivity index (χ1n) is 7.93. The molecule has 21 heavy (non-hydrogen) atoms. The molecule has 6 heteroatoms. The first kappa shape index (κ1) is 16.9. The molecule has 1 aromatic heterocycles. The van der Waals surface area contributed by atoms with Crippen LogP contribution in [0.2, 0.25) is 0 Å². The summed E-state index contributed by atoms with van der Waals surface area (Å²) in [7, 11) is -3.29. The molecule has 2 rings (SSSR count). The largest absolute Gasteiger partial charge is 0.313 e. The molecule has 1 aromatic rings. The van der Waals surface area contributed by atoms with Crippen LogP contribution in [0, 0.1) is 0 Å². The summed E-state index contributed by atoms with van der Waals surface area (Å²) in [4.78, 5) is 0. The molecule has 0 radical (unpaired) electrons. The van der Waals surface area contributed by atoms with Crippen molar-refractivity contribution in [2.45, 2.75) is 56.2 Å². The molecule has 4 nitrogen and oxygen atoms in total. The Balaban J connectivity index is 2.03. The van der Waals surface area contributed by atoms with Crippen molar-refractivity contribution in [1.29, 1.82) is 0 Å². The summed E-state index contributed by atoms with van der Waals surface area (Å²) in [5.74, 6) is 0. The van der Waals surface area contributed by atoms with Gasteiger partial charge in [-0.2, -0.15) is 4.31 Å². The van der Waals surface area contributed by atoms with Crippen LogP contribution in [0.3, 0.4) is 0 Å². The number of rotatable bonds is 6. The summed E-state index contributed by atoms with van der Waals surface area (Å²) in [6, 6.07) is 1.83. The van der Waals surface area contributed by atoms with E-state index in [4.69, 9.17) is 0 Å². The molecule has 1 N–H and O–H groups in total. The third-order valence-corrected chi connectivity index (χ3v) is 7.16. The Morgan fingerprint density at radius 2 is 1.86 bits per heavy atom. The predicted octanol–water partition coefficient (Wildman–Crippen LogP) is 3.20. The zero-order valence-corrected chi connectivity index (χ0v) is 14.4. The van der Waals surface area contributed by atoms with Gasteiger partial charge in [0.1, 0.15) is 4.21 Å². The van der Waals surface area contributed by atoms with Gasteiger partial charge in [0.15, 0.2) is 0 Å². The normalized spacial score (nSPS) is 18.3. The van der Waals surface area contributed by atoms with Crippen molar-refractivity contribution in [2.75, 3.05) is 19.6 Å². The molecule has 0 aliphatic carbocycles. The standard InChI is InChI=1S/C15H26N2O2S2/c1-2-8-16-12-14-11-15(20-13-14)21(18,19)17-9-6-4-3-5-7-10-17/h11,13,16H,2-10,12H2,1H3. The number of hydrogen-bond donors (Lipinski definition) is 1. The van der Waals surface area contributed by atoms with Crippen LogP contribution < -0.4 is 5.32 Å². The summed E-state index contributed by atoms with van der Waals surface area (Å²) in [6.07, 6.45) is 6.57. The van der Waals surface area contributed by atoms with E-state index in [-0.39, 0.29) is 0 Å². The number of nitrogens with zero attached hydrogens (tertiary/aromatic N) is 1. The lowest BCUT2D eigenvalue weighted by Gasteiger charge is -2.23. The SMILES string of the molecule is CCCNCc1csc(S(=O)(=O)N2CCCCCCC2)c1. The topological polar surface area (TPSA) is 49.4 Å². The van der Waals surface area contributed by atoms with Crippen LogP contribution in [-0.2, 0) is 16.6 Å². The molecular formula is C15H26N2O2S2. The maximum absolute atomic E-state index is 12.7. The molecule has 0 bridgehead atoms. The summed E-state index contributed by atoms with van der Waals surface area (Å²) in [5, 5.41) is 5.27. The van der Waals surface area contributed by atoms with Crippen LogP contribution in [0.5, 0.6) is 0 Å². The highest BCUT2D eigenvalue weighted by Gasteiger charge is 2.26. The van der Waals surface area contributed by atoms with Crippen LogP contribution in [-0.4, -0.2) is 32.4 Å². The Hall–Kier alpha value is -0.430. The quantitative estimate of drug-likeness (QED) is 0.815. The van der Waals surface area contributed by atoms with Gasteiger partial charge in [0.25, 0.3) is 10.0 Å². The van der Waals surface area contributed by atoms with Crippen LogP contribution in [0.15, 0.2) is 15.7 Å². The van der Waals surface area contributed by atoms with Gasteiger partial charge in [-0.25, -0.2) is 8.42 Å². The molecule has 120 valence electrons. The molecule has 0 unspecified atom stereocenters. The van der Waals surface area contributed by atoms with Crippen LogP contribution in [0.25, 0.3) is 0 Å². The second kappa shape index (κ2) is 8.27. The van der Waals surface area contributed by atoms with Crippen molar-refractivity contribution in [3.63, 3.8) is 0 Å². The summed E-state index contributed by atoms with van der Waals surface area (Å²) in [5.41, 5.74) is 1.07. The van der Waals surface area contributed by atoms with Gasteiger partial charge in [0, 0.05) is 19.6 Å². The van der Waals surface area contributed by atoms with Gasteiger partial charge in [-0.15, -0.1) is 11.3 Å². The third-order valence-electron chi connectivity index (χ3n) is 3.79. The second-order valence-corrected chi connectivity index (χ2v) is 8.70. The minimum atomic E-state index is -3.29. The Morgan fingerprint density at radius 3 is 2.52 bits per heavy atom. The lowest BCUT2D eigenvalue weighted by molar-refractivity contribution is 0.365. The zero-order chi connectivity index (χ0) is 15.1. The van der Waals surface area contributed by atoms with E-state index in [1.165, 1.54) is 17.8 Å². The van der Waals surface area contributed by atoms with Crippen LogP contribution in [0.1, 0.15) is 51.0 Å². The molecule has 1 aliphatic rings. The van der Waals surface area contributed by atoms with Gasteiger partial charge in [-0.1, -0.05) is 26.2 Å². The Labute approximate surface area is 132 Å². The summed E-state index contributed by atoms with van der Waals surface area (Å²) >= 11 is 1.35. The van der Waals surface area contributed by atoms with Crippen LogP contribution in [0.4, 0.5) is 0 Å². The smallest absolute Gasteiger partial charge is 0.252 e. The minimum Gasteiger partial charge on any atom is -0.313 e. The Morgan fingerprint density at radius 1 is 1.19 bits per heavy atom. The molecule has 1 aliphatic heterocycles. The van der Waals surface area contributed by atoms with Crippen LogP contribution >= 0.6 is 11.3 Å². The van der Waals surface area contributed by atoms with E-state index in [0.29, 0.717) is 17.3 Å². The maximum atomic E-state index is 12.7. The molecule has 0 saturated carbocycles. The van der Waals surface area contributed by atoms with Gasteiger partial charge in [0.2, 0.25) is 0 Å². The van der Waals surface area contributed by atoms with Crippen molar-refractivity contribution in [2.24, 2.45) is 0 Å². The first-order valence-corrected chi connectivity index (χ1v) is 10.2. The fourth-order valence-corrected chi connectivity index (χ4v) is 5.46. The Kier molecular flexibility index (Phi) is 6.67. The van der Waals surface area contributed by atoms with Gasteiger partial charge in [0.05, 0.1) is 0 Å². The molecule has 0 atom stereocenters. The predicted molar refractivity (Wildman–Crippen MR) is 88.2 cm³/mol. The Bertz CT molecular complexity index is 518. The molecule has 1 fully saturated rings. The van der Waals surface area contributed by atoms with E-state index >= 15 is 0 Å². The summed E-state index contributed by atoms with van der Waals surface area (Å²) in [6.45, 7) is 5.18. The van der Waals surface area contributed by atoms with Gasteiger partial charge in [-0.3, -0.25) is 0 Å². The van der Waals surface area contributed by atoms with E-state index in [1.54, 1.807) is 4.31 Å². The van der Waals surface area contributed by atoms with E-state index in [1.807, 2.05) is 11.4 Å². The third kappa shape index (κ3) is 4.77. The lowest BCUT2D eigenvalue weighted by Crippen LogP contribution is -2.33. The van der Waals surface area contributed by atoms with Gasteiger partial charge >= 0.3 is 0 Å². The molecule has 0 spiro atoms. The zero-order valence-electron chi connectivity index (χ0n) is 12.8. The highest BCUT2D eigenvalue weighted by molar-refractivity contribution is 7.91. The van der Waals surface area contributed by atoms with Gasteiger partial charge in [-0.05, 0) is 42.8 Å². The fourth-order valence-electron chi connectivity index (χ4n) is 2.58. The molecular weight excluding hydrogens is 304 g/mol. The fraction of sp³-hybridized carbons (Fsp3) is 0.733. The van der Waals surface area contributed by atoms with Crippen molar-refractivity contribution in [1.82, 2.24) is 9.62 Å². The molecule has 2 heterocycles. The van der Waals surface area contributed by atoms with Crippen molar-refractivity contribution >= 4 is 21.4 Å². The lowest BCUT2D eigenvalue weighted by atomic mass is 10.1. The van der Waals surface area contributed by atoms with E-state index < -0.39 is 10.0 Å². The van der Waals surface area contributed by atoms with E-state index in [9.17, 15) is 8.42 Å². The van der Waals surface area contributed by atoms with Crippen molar-refractivity contribution < 1.29 is 8.42 Å². The highest BCUT2D eigenvalue weighted by Crippen LogP contribution is 2.25. The minimum absolute atomic E-state index is 0.497. The molecule has 1 saturated heterocycles. The first-order chi connectivity index (χ1) is 10.1. The van der Waals surface area contributed by atoms with Gasteiger partial charge < -0.3 is 5.32 Å². The van der Waals surface area contributed by atoms with Crippen molar-refractivity contribution in [3.8, 4) is 0 Å². The average molecular weight is 331 g/mol.